The van der Waals surface area contributed by atoms with Gasteiger partial charge in [0, 0.05) is 44.8 Å². The van der Waals surface area contributed by atoms with Crippen LogP contribution in [-0.2, 0) is 0 Å². The van der Waals surface area contributed by atoms with Gasteiger partial charge in [-0.05, 0) is 29.6 Å². The Hall–Kier alpha value is -2.29. The summed E-state index contributed by atoms with van der Waals surface area (Å²) in [6, 6.07) is 9.36. The summed E-state index contributed by atoms with van der Waals surface area (Å²) in [5.41, 5.74) is 3.37. The average Bonchev–Trinajstić information content (AvgIpc) is 3.39. The number of carbonyl (C=O) groups excluding carboxylic acids is 2. The van der Waals surface area contributed by atoms with Crippen LogP contribution in [0.5, 0.6) is 0 Å². The lowest BCUT2D eigenvalue weighted by molar-refractivity contribution is 0.0643. The molecule has 6 nitrogen and oxygen atoms in total. The molecule has 2 amide bonds. The number of nitrogens with one attached hydrogen (secondary N) is 1. The van der Waals surface area contributed by atoms with E-state index in [2.05, 4.69) is 15.2 Å². The zero-order valence-corrected chi connectivity index (χ0v) is 16.4. The number of rotatable bonds is 5. The highest BCUT2D eigenvalue weighted by molar-refractivity contribution is 7.16. The number of benzene rings is 1. The highest BCUT2D eigenvalue weighted by Crippen LogP contribution is 2.19. The number of thiazole rings is 1. The predicted octanol–water partition coefficient (Wildman–Crippen LogP) is 2.55. The lowest BCUT2D eigenvalue weighted by Gasteiger charge is -2.34. The van der Waals surface area contributed by atoms with E-state index in [-0.39, 0.29) is 11.8 Å². The molecule has 3 aromatic rings. The second-order valence-corrected chi connectivity index (χ2v) is 8.24. The summed E-state index contributed by atoms with van der Waals surface area (Å²) in [6.07, 6.45) is 0. The molecular formula is C19H20N4O2S2. The van der Waals surface area contributed by atoms with Gasteiger partial charge in [-0.15, -0.1) is 22.7 Å². The van der Waals surface area contributed by atoms with Crippen LogP contribution in [0, 0.1) is 0 Å². The lowest BCUT2D eigenvalue weighted by atomic mass is 10.2. The van der Waals surface area contributed by atoms with Crippen molar-refractivity contribution >= 4 is 44.7 Å². The van der Waals surface area contributed by atoms with Gasteiger partial charge in [-0.25, -0.2) is 4.98 Å². The second kappa shape index (κ2) is 8.16. The molecule has 0 bridgehead atoms. The molecule has 3 heterocycles. The molecule has 27 heavy (non-hydrogen) atoms. The number of carbonyl (C=O) groups is 2. The van der Waals surface area contributed by atoms with Crippen LogP contribution in [0.4, 0.5) is 0 Å². The molecule has 0 aliphatic carbocycles. The summed E-state index contributed by atoms with van der Waals surface area (Å²) in [7, 11) is 0. The highest BCUT2D eigenvalue weighted by Gasteiger charge is 2.22. The fraction of sp³-hybridized carbons (Fsp3) is 0.316. The van der Waals surface area contributed by atoms with Gasteiger partial charge < -0.3 is 10.2 Å². The van der Waals surface area contributed by atoms with Gasteiger partial charge in [0.1, 0.15) is 0 Å². The van der Waals surface area contributed by atoms with E-state index in [9.17, 15) is 9.59 Å². The zero-order chi connectivity index (χ0) is 18.6. The molecule has 2 aromatic heterocycles. The van der Waals surface area contributed by atoms with Gasteiger partial charge in [-0.3, -0.25) is 14.5 Å². The van der Waals surface area contributed by atoms with Gasteiger partial charge in [-0.1, -0.05) is 6.07 Å². The van der Waals surface area contributed by atoms with Gasteiger partial charge in [0.25, 0.3) is 11.8 Å². The molecule has 4 rings (SSSR count). The Kier molecular flexibility index (Phi) is 5.47. The van der Waals surface area contributed by atoms with Gasteiger partial charge in [0.2, 0.25) is 0 Å². The number of amides is 2. The van der Waals surface area contributed by atoms with Crippen LogP contribution in [-0.4, -0.2) is 65.9 Å². The molecule has 1 aliphatic rings. The van der Waals surface area contributed by atoms with Gasteiger partial charge in [-0.2, -0.15) is 0 Å². The maximum absolute atomic E-state index is 12.4. The largest absolute Gasteiger partial charge is 0.351 e. The van der Waals surface area contributed by atoms with Gasteiger partial charge in [0.15, 0.2) is 0 Å². The van der Waals surface area contributed by atoms with Gasteiger partial charge >= 0.3 is 0 Å². The second-order valence-electron chi connectivity index (χ2n) is 6.40. The Morgan fingerprint density at radius 2 is 1.96 bits per heavy atom. The van der Waals surface area contributed by atoms with Crippen LogP contribution in [0.1, 0.15) is 20.0 Å². The zero-order valence-electron chi connectivity index (χ0n) is 14.8. The molecule has 0 radical (unpaired) electrons. The van der Waals surface area contributed by atoms with Crippen molar-refractivity contribution in [1.29, 1.82) is 0 Å². The number of hydrogen-bond acceptors (Lipinski definition) is 6. The van der Waals surface area contributed by atoms with Crippen LogP contribution in [0.15, 0.2) is 41.2 Å². The summed E-state index contributed by atoms with van der Waals surface area (Å²) in [5.74, 6) is 0.0632. The van der Waals surface area contributed by atoms with Crippen molar-refractivity contribution in [3.8, 4) is 0 Å². The summed E-state index contributed by atoms with van der Waals surface area (Å²) < 4.78 is 1.02. The molecule has 1 saturated heterocycles. The van der Waals surface area contributed by atoms with Crippen molar-refractivity contribution in [2.24, 2.45) is 0 Å². The van der Waals surface area contributed by atoms with Crippen molar-refractivity contribution in [2.75, 3.05) is 39.3 Å². The van der Waals surface area contributed by atoms with E-state index < -0.39 is 0 Å². The third-order valence-electron chi connectivity index (χ3n) is 4.70. The molecule has 0 atom stereocenters. The molecule has 8 heteroatoms. The van der Waals surface area contributed by atoms with E-state index in [1.54, 1.807) is 5.51 Å². The van der Waals surface area contributed by atoms with Crippen molar-refractivity contribution in [1.82, 2.24) is 20.1 Å². The van der Waals surface area contributed by atoms with Gasteiger partial charge in [0.05, 0.1) is 20.6 Å². The minimum Gasteiger partial charge on any atom is -0.351 e. The van der Waals surface area contributed by atoms with Crippen molar-refractivity contribution in [3.63, 3.8) is 0 Å². The Balaban J connectivity index is 1.22. The quantitative estimate of drug-likeness (QED) is 0.715. The van der Waals surface area contributed by atoms with Crippen molar-refractivity contribution in [3.05, 3.63) is 51.7 Å². The van der Waals surface area contributed by atoms with Crippen molar-refractivity contribution in [2.45, 2.75) is 0 Å². The first-order valence-electron chi connectivity index (χ1n) is 8.87. The molecule has 0 saturated carbocycles. The Morgan fingerprint density at radius 3 is 2.74 bits per heavy atom. The van der Waals surface area contributed by atoms with E-state index in [1.807, 2.05) is 40.6 Å². The van der Waals surface area contributed by atoms with E-state index in [4.69, 9.17) is 0 Å². The van der Waals surface area contributed by atoms with Crippen LogP contribution in [0.2, 0.25) is 0 Å². The number of nitrogens with zero attached hydrogens (tertiary/aromatic N) is 3. The summed E-state index contributed by atoms with van der Waals surface area (Å²) in [5, 5.41) is 4.91. The molecule has 1 aliphatic heterocycles. The Bertz CT molecular complexity index is 930. The number of hydrogen-bond donors (Lipinski definition) is 1. The topological polar surface area (TPSA) is 65.5 Å². The molecule has 1 aromatic carbocycles. The molecule has 1 N–H and O–H groups in total. The molecule has 0 unspecified atom stereocenters. The average molecular weight is 401 g/mol. The number of fused-ring (bicyclic) bond motifs is 1. The minimum absolute atomic E-state index is 0.0585. The van der Waals surface area contributed by atoms with Crippen LogP contribution in [0.25, 0.3) is 10.2 Å². The summed E-state index contributed by atoms with van der Waals surface area (Å²) >= 11 is 3.02. The van der Waals surface area contributed by atoms with E-state index >= 15 is 0 Å². The summed E-state index contributed by atoms with van der Waals surface area (Å²) in [6.45, 7) is 4.51. The lowest BCUT2D eigenvalue weighted by Crippen LogP contribution is -2.50. The SMILES string of the molecule is O=C(NCCN1CCN(C(=O)c2cccs2)CC1)c1ccc2ncsc2c1. The van der Waals surface area contributed by atoms with Crippen molar-refractivity contribution < 1.29 is 9.59 Å². The first-order chi connectivity index (χ1) is 13.2. The molecule has 1 fully saturated rings. The molecular weight excluding hydrogens is 380 g/mol. The molecule has 0 spiro atoms. The van der Waals surface area contributed by atoms with E-state index in [0.29, 0.717) is 12.1 Å². The first kappa shape index (κ1) is 18.1. The number of aromatic nitrogens is 1. The normalized spacial score (nSPS) is 15.2. The third-order valence-corrected chi connectivity index (χ3v) is 6.35. The van der Waals surface area contributed by atoms with E-state index in [0.717, 1.165) is 47.8 Å². The smallest absolute Gasteiger partial charge is 0.264 e. The minimum atomic E-state index is -0.0585. The maximum atomic E-state index is 12.4. The van der Waals surface area contributed by atoms with Crippen LogP contribution in [0.3, 0.4) is 0 Å². The molecule has 140 valence electrons. The predicted molar refractivity (Wildman–Crippen MR) is 109 cm³/mol. The fourth-order valence-corrected chi connectivity index (χ4v) is 4.56. The maximum Gasteiger partial charge on any atom is 0.264 e. The number of thiophene rings is 1. The third kappa shape index (κ3) is 4.18. The fourth-order valence-electron chi connectivity index (χ4n) is 3.16. The first-order valence-corrected chi connectivity index (χ1v) is 10.6. The van der Waals surface area contributed by atoms with Crippen LogP contribution >= 0.6 is 22.7 Å². The highest BCUT2D eigenvalue weighted by atomic mass is 32.1. The standard InChI is InChI=1S/C19H20N4O2S2/c24-18(14-3-4-15-17(12-14)27-13-21-15)20-5-6-22-7-9-23(10-8-22)19(25)16-2-1-11-26-16/h1-4,11-13H,5-10H2,(H,20,24). The Morgan fingerprint density at radius 1 is 1.11 bits per heavy atom. The number of piperazine rings is 1. The van der Waals surface area contributed by atoms with Crippen LogP contribution < -0.4 is 5.32 Å². The monoisotopic (exact) mass is 400 g/mol. The Labute approximate surface area is 165 Å². The summed E-state index contributed by atoms with van der Waals surface area (Å²) in [4.78, 5) is 33.9. The van der Waals surface area contributed by atoms with E-state index in [1.165, 1.54) is 22.7 Å².